The molecule has 4 N–H and O–H groups in total. The van der Waals surface area contributed by atoms with Gasteiger partial charge in [0.15, 0.2) is 0 Å². The highest BCUT2D eigenvalue weighted by Crippen LogP contribution is 2.32. The summed E-state index contributed by atoms with van der Waals surface area (Å²) in [7, 11) is 0. The van der Waals surface area contributed by atoms with Gasteiger partial charge in [-0.15, -0.1) is 0 Å². The number of urea groups is 1. The average molecular weight is 647 g/mol. The van der Waals surface area contributed by atoms with Crippen molar-refractivity contribution in [2.24, 2.45) is 0 Å². The van der Waals surface area contributed by atoms with Crippen LogP contribution in [0.1, 0.15) is 30.0 Å². The second kappa shape index (κ2) is 12.5. The van der Waals surface area contributed by atoms with E-state index < -0.39 is 54.4 Å². The minimum Gasteiger partial charge on any atom is -0.491 e. The van der Waals surface area contributed by atoms with Crippen LogP contribution in [-0.2, 0) is 9.59 Å². The number of imide groups is 1. The van der Waals surface area contributed by atoms with Crippen molar-refractivity contribution in [2.75, 3.05) is 18.5 Å². The molecular formula is C28H27FIN3O6. The maximum atomic E-state index is 14.5. The highest BCUT2D eigenvalue weighted by Gasteiger charge is 2.47. The Labute approximate surface area is 238 Å². The molecule has 11 heteroatoms. The topological polar surface area (TPSA) is 128 Å². The van der Waals surface area contributed by atoms with Gasteiger partial charge in [-0.25, -0.2) is 14.1 Å². The summed E-state index contributed by atoms with van der Waals surface area (Å²) in [6.07, 6.45) is -1.03. The molecule has 0 saturated carbocycles. The largest absolute Gasteiger partial charge is 0.491 e. The van der Waals surface area contributed by atoms with Crippen LogP contribution in [0.4, 0.5) is 14.9 Å². The normalized spacial score (nSPS) is 17.4. The Hall–Kier alpha value is -3.55. The molecule has 4 rings (SSSR count). The van der Waals surface area contributed by atoms with Crippen LogP contribution in [0.2, 0.25) is 0 Å². The maximum Gasteiger partial charge on any atom is 0.325 e. The highest BCUT2D eigenvalue weighted by atomic mass is 127. The molecule has 9 nitrogen and oxygen atoms in total. The Bertz CT molecular complexity index is 1340. The number of hydrogen-bond donors (Lipinski definition) is 4. The van der Waals surface area contributed by atoms with Crippen LogP contribution < -0.4 is 15.4 Å². The lowest BCUT2D eigenvalue weighted by atomic mass is 9.91. The zero-order valence-electron chi connectivity index (χ0n) is 20.9. The maximum absolute atomic E-state index is 14.5. The third-order valence-electron chi connectivity index (χ3n) is 6.37. The molecule has 0 bridgehead atoms. The fourth-order valence-corrected chi connectivity index (χ4v) is 4.74. The first-order valence-corrected chi connectivity index (χ1v) is 13.2. The fraction of sp³-hybridized carbons (Fsp3) is 0.250. The standard InChI is InChI=1S/C28H27FIN3O6/c1-16(17-5-3-2-4-6-17)25(26(36)31-23-12-9-19(30)13-22(23)29)33-27(37)24(32-28(33)38)18-7-10-21(11-8-18)39-15-20(35)14-34/h2-13,16,20,24-25,34-35H,14-15H2,1H3,(H,31,36)(H,32,38)/t16-,20-,24+,25-/m0/s1. The van der Waals surface area contributed by atoms with Gasteiger partial charge in [-0.05, 0) is 64.0 Å². The lowest BCUT2D eigenvalue weighted by Crippen LogP contribution is -2.50. The van der Waals surface area contributed by atoms with E-state index in [2.05, 4.69) is 10.6 Å². The quantitative estimate of drug-likeness (QED) is 0.197. The van der Waals surface area contributed by atoms with Crippen LogP contribution in [0.3, 0.4) is 0 Å². The van der Waals surface area contributed by atoms with E-state index in [0.717, 1.165) is 10.5 Å². The molecule has 0 unspecified atom stereocenters. The molecule has 0 aromatic heterocycles. The first kappa shape index (κ1) is 28.5. The summed E-state index contributed by atoms with van der Waals surface area (Å²) < 4.78 is 20.6. The second-order valence-corrected chi connectivity index (χ2v) is 10.3. The number of hydrogen-bond acceptors (Lipinski definition) is 6. The van der Waals surface area contributed by atoms with Crippen molar-refractivity contribution < 1.29 is 33.7 Å². The van der Waals surface area contributed by atoms with E-state index in [0.29, 0.717) is 14.9 Å². The van der Waals surface area contributed by atoms with Gasteiger partial charge < -0.3 is 25.6 Å². The van der Waals surface area contributed by atoms with Crippen LogP contribution in [-0.4, -0.2) is 58.3 Å². The zero-order valence-corrected chi connectivity index (χ0v) is 23.0. The number of aliphatic hydroxyl groups is 2. The van der Waals surface area contributed by atoms with Crippen molar-refractivity contribution in [1.29, 1.82) is 0 Å². The highest BCUT2D eigenvalue weighted by molar-refractivity contribution is 14.1. The van der Waals surface area contributed by atoms with Crippen LogP contribution in [0, 0.1) is 9.39 Å². The van der Waals surface area contributed by atoms with Gasteiger partial charge in [0.25, 0.3) is 5.91 Å². The van der Waals surface area contributed by atoms with E-state index in [1.807, 2.05) is 28.7 Å². The van der Waals surface area contributed by atoms with Crippen molar-refractivity contribution in [3.63, 3.8) is 0 Å². The smallest absolute Gasteiger partial charge is 0.325 e. The Morgan fingerprint density at radius 2 is 1.82 bits per heavy atom. The Morgan fingerprint density at radius 3 is 2.46 bits per heavy atom. The minimum absolute atomic E-state index is 0.0591. The Morgan fingerprint density at radius 1 is 1.13 bits per heavy atom. The molecule has 3 aromatic carbocycles. The molecule has 1 aliphatic rings. The van der Waals surface area contributed by atoms with Gasteiger partial charge in [0.2, 0.25) is 5.91 Å². The molecule has 0 spiro atoms. The number of anilines is 1. The van der Waals surface area contributed by atoms with Gasteiger partial charge in [-0.1, -0.05) is 49.4 Å². The van der Waals surface area contributed by atoms with E-state index in [9.17, 15) is 23.9 Å². The van der Waals surface area contributed by atoms with Crippen molar-refractivity contribution in [2.45, 2.75) is 31.0 Å². The van der Waals surface area contributed by atoms with Gasteiger partial charge in [-0.2, -0.15) is 0 Å². The van der Waals surface area contributed by atoms with Crippen molar-refractivity contribution in [3.8, 4) is 5.75 Å². The number of carbonyl (C=O) groups excluding carboxylic acids is 3. The minimum atomic E-state index is -1.27. The molecule has 39 heavy (non-hydrogen) atoms. The first-order chi connectivity index (χ1) is 18.7. The molecule has 3 aromatic rings. The summed E-state index contributed by atoms with van der Waals surface area (Å²) in [5.74, 6) is -2.18. The molecule has 1 fully saturated rings. The molecule has 0 aliphatic carbocycles. The number of nitrogens with one attached hydrogen (secondary N) is 2. The average Bonchev–Trinajstić information content (AvgIpc) is 3.23. The second-order valence-electron chi connectivity index (χ2n) is 9.06. The van der Waals surface area contributed by atoms with Gasteiger partial charge >= 0.3 is 6.03 Å². The molecule has 1 heterocycles. The summed E-state index contributed by atoms with van der Waals surface area (Å²) in [4.78, 5) is 41.2. The van der Waals surface area contributed by atoms with Crippen molar-refractivity contribution in [1.82, 2.24) is 10.2 Å². The third-order valence-corrected chi connectivity index (χ3v) is 7.04. The summed E-state index contributed by atoms with van der Waals surface area (Å²) in [6, 6.07) is 16.5. The number of aliphatic hydroxyl groups excluding tert-OH is 2. The molecule has 4 amide bonds. The molecule has 0 radical (unpaired) electrons. The van der Waals surface area contributed by atoms with Crippen LogP contribution in [0.25, 0.3) is 0 Å². The van der Waals surface area contributed by atoms with Gasteiger partial charge in [0, 0.05) is 9.49 Å². The number of rotatable bonds is 10. The van der Waals surface area contributed by atoms with Gasteiger partial charge in [-0.3, -0.25) is 9.59 Å². The molecule has 1 saturated heterocycles. The predicted molar refractivity (Wildman–Crippen MR) is 150 cm³/mol. The Kier molecular flexibility index (Phi) is 9.15. The van der Waals surface area contributed by atoms with Crippen molar-refractivity contribution in [3.05, 3.63) is 93.3 Å². The first-order valence-electron chi connectivity index (χ1n) is 12.2. The number of nitrogens with zero attached hydrogens (tertiary/aromatic N) is 1. The lowest BCUT2D eigenvalue weighted by molar-refractivity contribution is -0.134. The number of ether oxygens (including phenoxy) is 1. The van der Waals surface area contributed by atoms with E-state index in [1.54, 1.807) is 61.5 Å². The SMILES string of the molecule is C[C@@H](c1ccccc1)[C@@H](C(=O)Nc1ccc(I)cc1F)N1C(=O)N[C@H](c2ccc(OC[C@@H](O)CO)cc2)C1=O. The fourth-order valence-electron chi connectivity index (χ4n) is 4.29. The van der Waals surface area contributed by atoms with Gasteiger partial charge in [0.05, 0.1) is 12.3 Å². The molecule has 4 atom stereocenters. The van der Waals surface area contributed by atoms with Crippen LogP contribution in [0.15, 0.2) is 72.8 Å². The van der Waals surface area contributed by atoms with E-state index >= 15 is 0 Å². The number of amides is 4. The Balaban J connectivity index is 1.60. The molecular weight excluding hydrogens is 620 g/mol. The van der Waals surface area contributed by atoms with Gasteiger partial charge in [0.1, 0.15) is 36.4 Å². The van der Waals surface area contributed by atoms with Crippen LogP contribution >= 0.6 is 22.6 Å². The van der Waals surface area contributed by atoms with E-state index in [4.69, 9.17) is 9.84 Å². The van der Waals surface area contributed by atoms with E-state index in [-0.39, 0.29) is 12.3 Å². The third kappa shape index (κ3) is 6.54. The number of carbonyl (C=O) groups is 3. The zero-order chi connectivity index (χ0) is 28.1. The monoisotopic (exact) mass is 647 g/mol. The van der Waals surface area contributed by atoms with E-state index in [1.165, 1.54) is 12.1 Å². The predicted octanol–water partition coefficient (Wildman–Crippen LogP) is 3.57. The molecule has 204 valence electrons. The van der Waals surface area contributed by atoms with Crippen LogP contribution in [0.5, 0.6) is 5.75 Å². The molecule has 1 aliphatic heterocycles. The van der Waals surface area contributed by atoms with Crippen molar-refractivity contribution >= 4 is 46.1 Å². The summed E-state index contributed by atoms with van der Waals surface area (Å²) in [5.41, 5.74) is 1.12. The number of benzene rings is 3. The summed E-state index contributed by atoms with van der Waals surface area (Å²) >= 11 is 1.95. The summed E-state index contributed by atoms with van der Waals surface area (Å²) in [6.45, 7) is 1.17. The number of halogens is 2. The summed E-state index contributed by atoms with van der Waals surface area (Å²) in [5, 5.41) is 23.6. The lowest BCUT2D eigenvalue weighted by Gasteiger charge is -2.30.